The second-order valence-corrected chi connectivity index (χ2v) is 7.02. The molecule has 0 saturated heterocycles. The van der Waals surface area contributed by atoms with Gasteiger partial charge in [0.15, 0.2) is 0 Å². The van der Waals surface area contributed by atoms with E-state index in [4.69, 9.17) is 23.2 Å². The number of aromatic nitrogens is 1. The first-order valence-corrected chi connectivity index (χ1v) is 8.90. The van der Waals surface area contributed by atoms with Crippen molar-refractivity contribution in [1.82, 2.24) is 4.98 Å². The third-order valence-corrected chi connectivity index (χ3v) is 5.37. The minimum absolute atomic E-state index is 0.181. The van der Waals surface area contributed by atoms with Crippen molar-refractivity contribution in [3.05, 3.63) is 75.9 Å². The van der Waals surface area contributed by atoms with Crippen LogP contribution in [0.5, 0.6) is 0 Å². The SMILES string of the molecule is O=C1Nc2cccc(Cl)c2/C1=C\c1c(Cl)[nH]c2c1ccc1ccccc12. The zero-order valence-corrected chi connectivity index (χ0v) is 14.9. The van der Waals surface area contributed by atoms with Gasteiger partial charge in [-0.2, -0.15) is 0 Å². The van der Waals surface area contributed by atoms with E-state index in [0.717, 1.165) is 32.9 Å². The molecule has 3 aromatic carbocycles. The summed E-state index contributed by atoms with van der Waals surface area (Å²) in [7, 11) is 0. The van der Waals surface area contributed by atoms with Crippen molar-refractivity contribution >= 4 is 68.1 Å². The predicted octanol–water partition coefficient (Wildman–Crippen LogP) is 6.12. The largest absolute Gasteiger partial charge is 0.345 e. The fraction of sp³-hybridized carbons (Fsp3) is 0. The van der Waals surface area contributed by atoms with E-state index in [-0.39, 0.29) is 5.91 Å². The maximum atomic E-state index is 12.5. The lowest BCUT2D eigenvalue weighted by atomic mass is 10.0. The van der Waals surface area contributed by atoms with E-state index >= 15 is 0 Å². The zero-order valence-electron chi connectivity index (χ0n) is 13.4. The quantitative estimate of drug-likeness (QED) is 0.385. The molecule has 0 aliphatic carbocycles. The molecule has 1 aliphatic rings. The number of amides is 1. The fourth-order valence-electron chi connectivity index (χ4n) is 3.55. The molecule has 3 nitrogen and oxygen atoms in total. The summed E-state index contributed by atoms with van der Waals surface area (Å²) in [5, 5.41) is 7.07. The first-order valence-electron chi connectivity index (χ1n) is 8.14. The molecule has 0 fully saturated rings. The van der Waals surface area contributed by atoms with Gasteiger partial charge < -0.3 is 10.3 Å². The van der Waals surface area contributed by atoms with E-state index in [1.165, 1.54) is 0 Å². The van der Waals surface area contributed by atoms with Gasteiger partial charge in [-0.05, 0) is 23.6 Å². The Morgan fingerprint density at radius 1 is 0.885 bits per heavy atom. The van der Waals surface area contributed by atoms with Crippen LogP contribution >= 0.6 is 23.2 Å². The maximum Gasteiger partial charge on any atom is 0.256 e. The molecule has 5 rings (SSSR count). The Bertz CT molecular complexity index is 1250. The van der Waals surface area contributed by atoms with Crippen molar-refractivity contribution in [1.29, 1.82) is 0 Å². The number of fused-ring (bicyclic) bond motifs is 4. The summed E-state index contributed by atoms with van der Waals surface area (Å²) in [6.45, 7) is 0. The van der Waals surface area contributed by atoms with Gasteiger partial charge in [-0.25, -0.2) is 0 Å². The minimum Gasteiger partial charge on any atom is -0.345 e. The summed E-state index contributed by atoms with van der Waals surface area (Å²) in [6, 6.07) is 17.6. The van der Waals surface area contributed by atoms with Crippen molar-refractivity contribution in [3.63, 3.8) is 0 Å². The highest BCUT2D eigenvalue weighted by Crippen LogP contribution is 2.40. The van der Waals surface area contributed by atoms with Crippen LogP contribution in [0.4, 0.5) is 5.69 Å². The number of halogens is 2. The summed E-state index contributed by atoms with van der Waals surface area (Å²) in [5.41, 5.74) is 3.69. The van der Waals surface area contributed by atoms with Crippen molar-refractivity contribution < 1.29 is 4.79 Å². The molecule has 1 aromatic heterocycles. The Balaban J connectivity index is 1.79. The highest BCUT2D eigenvalue weighted by Gasteiger charge is 2.27. The van der Waals surface area contributed by atoms with Crippen LogP contribution in [0.15, 0.2) is 54.6 Å². The normalized spacial score (nSPS) is 15.0. The lowest BCUT2D eigenvalue weighted by Crippen LogP contribution is -2.03. The van der Waals surface area contributed by atoms with Crippen LogP contribution in [0.1, 0.15) is 11.1 Å². The number of rotatable bonds is 1. The van der Waals surface area contributed by atoms with Crippen LogP contribution in [-0.2, 0) is 4.79 Å². The van der Waals surface area contributed by atoms with Crippen LogP contribution in [0, 0.1) is 0 Å². The van der Waals surface area contributed by atoms with Crippen LogP contribution in [0.25, 0.3) is 33.3 Å². The van der Waals surface area contributed by atoms with E-state index in [2.05, 4.69) is 28.5 Å². The van der Waals surface area contributed by atoms with E-state index in [1.54, 1.807) is 6.07 Å². The topological polar surface area (TPSA) is 44.9 Å². The van der Waals surface area contributed by atoms with Crippen LogP contribution in [0.3, 0.4) is 0 Å². The number of aromatic amines is 1. The van der Waals surface area contributed by atoms with Crippen molar-refractivity contribution in [3.8, 4) is 0 Å². The first kappa shape index (κ1) is 15.5. The van der Waals surface area contributed by atoms with Crippen molar-refractivity contribution in [2.75, 3.05) is 5.32 Å². The number of nitrogens with one attached hydrogen (secondary N) is 2. The molecule has 0 saturated carbocycles. The minimum atomic E-state index is -0.181. The Hall–Kier alpha value is -2.75. The van der Waals surface area contributed by atoms with E-state index in [0.29, 0.717) is 21.3 Å². The highest BCUT2D eigenvalue weighted by atomic mass is 35.5. The molecular weight excluding hydrogens is 367 g/mol. The van der Waals surface area contributed by atoms with Gasteiger partial charge in [0.2, 0.25) is 0 Å². The van der Waals surface area contributed by atoms with Gasteiger partial charge in [-0.1, -0.05) is 65.7 Å². The maximum absolute atomic E-state index is 12.5. The standard InChI is InChI=1S/C21H12Cl2N2O/c22-16-6-3-7-17-18(16)15(21(26)24-17)10-14-13-9-8-11-4-1-2-5-12(11)19(13)25-20(14)23/h1-10,25H,(H,24,26)/b15-10+. The Labute approximate surface area is 159 Å². The molecule has 4 aromatic rings. The molecule has 26 heavy (non-hydrogen) atoms. The summed E-state index contributed by atoms with van der Waals surface area (Å²) in [4.78, 5) is 15.7. The molecule has 5 heteroatoms. The van der Waals surface area contributed by atoms with Crippen molar-refractivity contribution in [2.45, 2.75) is 0 Å². The number of hydrogen-bond donors (Lipinski definition) is 2. The molecule has 2 heterocycles. The Kier molecular flexibility index (Phi) is 3.36. The predicted molar refractivity (Wildman–Crippen MR) is 109 cm³/mol. The number of anilines is 1. The average molecular weight is 379 g/mol. The molecule has 2 N–H and O–H groups in total. The fourth-order valence-corrected chi connectivity index (χ4v) is 4.08. The van der Waals surface area contributed by atoms with Gasteiger partial charge in [0, 0.05) is 21.9 Å². The highest BCUT2D eigenvalue weighted by molar-refractivity contribution is 6.42. The molecule has 0 spiro atoms. The van der Waals surface area contributed by atoms with Crippen LogP contribution < -0.4 is 5.32 Å². The number of H-pyrrole nitrogens is 1. The number of hydrogen-bond acceptors (Lipinski definition) is 1. The van der Waals surface area contributed by atoms with Gasteiger partial charge in [0.25, 0.3) is 5.91 Å². The Morgan fingerprint density at radius 2 is 1.73 bits per heavy atom. The van der Waals surface area contributed by atoms with E-state index in [9.17, 15) is 4.79 Å². The number of benzene rings is 3. The zero-order chi connectivity index (χ0) is 17.8. The molecule has 0 atom stereocenters. The van der Waals surface area contributed by atoms with Gasteiger partial charge >= 0.3 is 0 Å². The second-order valence-electron chi connectivity index (χ2n) is 6.24. The third kappa shape index (κ3) is 2.18. The molecule has 0 unspecified atom stereocenters. The average Bonchev–Trinajstić information content (AvgIpc) is 3.13. The molecule has 1 amide bonds. The Morgan fingerprint density at radius 3 is 2.62 bits per heavy atom. The molecule has 1 aliphatic heterocycles. The second kappa shape index (κ2) is 5.63. The monoisotopic (exact) mass is 378 g/mol. The smallest absolute Gasteiger partial charge is 0.256 e. The summed E-state index contributed by atoms with van der Waals surface area (Å²) in [5.74, 6) is -0.181. The molecule has 0 bridgehead atoms. The van der Waals surface area contributed by atoms with Gasteiger partial charge in [0.05, 0.1) is 21.8 Å². The molecule has 126 valence electrons. The van der Waals surface area contributed by atoms with E-state index < -0.39 is 0 Å². The van der Waals surface area contributed by atoms with Crippen LogP contribution in [0.2, 0.25) is 10.2 Å². The number of carbonyl (C=O) groups excluding carboxylic acids is 1. The summed E-state index contributed by atoms with van der Waals surface area (Å²) in [6.07, 6.45) is 1.81. The summed E-state index contributed by atoms with van der Waals surface area (Å²) >= 11 is 12.8. The third-order valence-electron chi connectivity index (χ3n) is 4.75. The first-order chi connectivity index (χ1) is 12.6. The van der Waals surface area contributed by atoms with Gasteiger partial charge in [-0.15, -0.1) is 0 Å². The van der Waals surface area contributed by atoms with Gasteiger partial charge in [0.1, 0.15) is 5.15 Å². The van der Waals surface area contributed by atoms with Crippen molar-refractivity contribution in [2.24, 2.45) is 0 Å². The van der Waals surface area contributed by atoms with Crippen LogP contribution in [-0.4, -0.2) is 10.9 Å². The number of carbonyl (C=O) groups is 1. The lowest BCUT2D eigenvalue weighted by Gasteiger charge is -2.02. The molecule has 0 radical (unpaired) electrons. The lowest BCUT2D eigenvalue weighted by molar-refractivity contribution is -0.110. The van der Waals surface area contributed by atoms with Gasteiger partial charge in [-0.3, -0.25) is 4.79 Å². The van der Waals surface area contributed by atoms with E-state index in [1.807, 2.05) is 36.4 Å². The molecular formula is C21H12Cl2N2O. The summed E-state index contributed by atoms with van der Waals surface area (Å²) < 4.78 is 0.